The van der Waals surface area contributed by atoms with Crippen molar-refractivity contribution in [2.75, 3.05) is 13.2 Å². The zero-order chi connectivity index (χ0) is 18.7. The quantitative estimate of drug-likeness (QED) is 0.832. The fourth-order valence-electron chi connectivity index (χ4n) is 3.81. The average molecular weight is 399 g/mol. The van der Waals surface area contributed by atoms with Crippen LogP contribution in [0, 0.1) is 0 Å². The molecule has 0 unspecified atom stereocenters. The minimum absolute atomic E-state index is 0.164. The number of nitrogens with zero attached hydrogens (tertiary/aromatic N) is 1. The van der Waals surface area contributed by atoms with Crippen molar-refractivity contribution in [1.29, 1.82) is 0 Å². The number of carbonyl (C=O) groups excluding carboxylic acids is 2. The fourth-order valence-corrected chi connectivity index (χ4v) is 4.10. The van der Waals surface area contributed by atoms with Crippen LogP contribution >= 0.6 is 23.2 Å². The Kier molecular flexibility index (Phi) is 6.10. The van der Waals surface area contributed by atoms with Crippen molar-refractivity contribution in [3.63, 3.8) is 0 Å². The smallest absolute Gasteiger partial charge is 0.256 e. The summed E-state index contributed by atoms with van der Waals surface area (Å²) >= 11 is 12.1. The number of rotatable bonds is 4. The molecule has 5 nitrogen and oxygen atoms in total. The van der Waals surface area contributed by atoms with Gasteiger partial charge in [0.05, 0.1) is 16.7 Å². The molecule has 1 saturated carbocycles. The second-order valence-electron chi connectivity index (χ2n) is 6.93. The molecule has 3 rings (SSSR count). The second-order valence-corrected chi connectivity index (χ2v) is 7.74. The van der Waals surface area contributed by atoms with Crippen LogP contribution in [0.15, 0.2) is 18.2 Å². The van der Waals surface area contributed by atoms with Gasteiger partial charge in [-0.2, -0.15) is 0 Å². The number of hydrogen-bond donors (Lipinski definition) is 1. The highest BCUT2D eigenvalue weighted by molar-refractivity contribution is 6.42. The zero-order valence-electron chi connectivity index (χ0n) is 14.9. The van der Waals surface area contributed by atoms with E-state index in [1.165, 1.54) is 0 Å². The minimum Gasteiger partial charge on any atom is -0.354 e. The largest absolute Gasteiger partial charge is 0.354 e. The Balaban J connectivity index is 1.93. The van der Waals surface area contributed by atoms with Crippen LogP contribution in [0.4, 0.5) is 0 Å². The van der Waals surface area contributed by atoms with Crippen molar-refractivity contribution >= 4 is 35.0 Å². The molecule has 1 aliphatic carbocycles. The van der Waals surface area contributed by atoms with E-state index in [0.717, 1.165) is 38.5 Å². The van der Waals surface area contributed by atoms with E-state index in [1.807, 2.05) is 6.92 Å². The second kappa shape index (κ2) is 8.15. The van der Waals surface area contributed by atoms with Crippen molar-refractivity contribution in [2.24, 2.45) is 0 Å². The Hall–Kier alpha value is -1.30. The van der Waals surface area contributed by atoms with E-state index in [4.69, 9.17) is 27.9 Å². The van der Waals surface area contributed by atoms with Gasteiger partial charge in [-0.1, -0.05) is 36.5 Å². The normalized spacial score (nSPS) is 21.8. The van der Waals surface area contributed by atoms with Gasteiger partial charge in [0.1, 0.15) is 11.8 Å². The molecule has 1 saturated heterocycles. The minimum atomic E-state index is -0.699. The molecule has 2 aliphatic rings. The molecule has 142 valence electrons. The van der Waals surface area contributed by atoms with E-state index in [0.29, 0.717) is 22.2 Å². The van der Waals surface area contributed by atoms with Crippen molar-refractivity contribution in [3.05, 3.63) is 33.8 Å². The summed E-state index contributed by atoms with van der Waals surface area (Å²) in [6.07, 6.45) is 5.41. The number of benzene rings is 1. The molecular formula is C19H24Cl2N2O3. The average Bonchev–Trinajstić information content (AvgIpc) is 3.00. The van der Waals surface area contributed by atoms with Gasteiger partial charge in [-0.15, -0.1) is 0 Å². The van der Waals surface area contributed by atoms with Gasteiger partial charge in [0.2, 0.25) is 5.91 Å². The number of carbonyl (C=O) groups is 2. The summed E-state index contributed by atoms with van der Waals surface area (Å²) < 4.78 is 6.09. The summed E-state index contributed by atoms with van der Waals surface area (Å²) in [7, 11) is 0. The topological polar surface area (TPSA) is 58.6 Å². The van der Waals surface area contributed by atoms with Gasteiger partial charge in [-0.05, 0) is 50.3 Å². The van der Waals surface area contributed by atoms with Crippen LogP contribution in [0.25, 0.3) is 0 Å². The van der Waals surface area contributed by atoms with Gasteiger partial charge in [0.25, 0.3) is 5.91 Å². The monoisotopic (exact) mass is 398 g/mol. The lowest BCUT2D eigenvalue weighted by Crippen LogP contribution is -2.56. The third-order valence-corrected chi connectivity index (χ3v) is 5.87. The predicted octanol–water partition coefficient (Wildman–Crippen LogP) is 4.02. The molecule has 1 atom stereocenters. The van der Waals surface area contributed by atoms with E-state index in [1.54, 1.807) is 23.1 Å². The molecule has 1 heterocycles. The lowest BCUT2D eigenvalue weighted by atomic mass is 9.89. The fraction of sp³-hybridized carbons (Fsp3) is 0.579. The van der Waals surface area contributed by atoms with E-state index in [9.17, 15) is 9.59 Å². The van der Waals surface area contributed by atoms with E-state index >= 15 is 0 Å². The molecule has 1 aromatic carbocycles. The molecule has 0 radical (unpaired) electrons. The SMILES string of the molecule is CCCNC(=O)[C@H]1COC2(CCCCC2)N1C(=O)c1ccc(Cl)c(Cl)c1. The number of amides is 2. The summed E-state index contributed by atoms with van der Waals surface area (Å²) in [5.41, 5.74) is -0.279. The van der Waals surface area contributed by atoms with Crippen LogP contribution in [-0.2, 0) is 9.53 Å². The first-order chi connectivity index (χ1) is 12.5. The molecule has 7 heteroatoms. The van der Waals surface area contributed by atoms with E-state index in [-0.39, 0.29) is 18.4 Å². The first-order valence-electron chi connectivity index (χ1n) is 9.19. The molecule has 0 bridgehead atoms. The van der Waals surface area contributed by atoms with Crippen molar-refractivity contribution < 1.29 is 14.3 Å². The Labute approximate surface area is 164 Å². The van der Waals surface area contributed by atoms with Gasteiger partial charge in [0.15, 0.2) is 0 Å². The van der Waals surface area contributed by atoms with Crippen LogP contribution in [0.3, 0.4) is 0 Å². The summed E-state index contributed by atoms with van der Waals surface area (Å²) in [6, 6.07) is 4.18. The molecular weight excluding hydrogens is 375 g/mol. The van der Waals surface area contributed by atoms with Crippen molar-refractivity contribution in [1.82, 2.24) is 10.2 Å². The lowest BCUT2D eigenvalue weighted by Gasteiger charge is -2.41. The highest BCUT2D eigenvalue weighted by Crippen LogP contribution is 2.41. The van der Waals surface area contributed by atoms with Gasteiger partial charge >= 0.3 is 0 Å². The van der Waals surface area contributed by atoms with Crippen LogP contribution < -0.4 is 5.32 Å². The number of halogens is 2. The number of hydrogen-bond acceptors (Lipinski definition) is 3. The van der Waals surface area contributed by atoms with Crippen LogP contribution in [0.1, 0.15) is 55.8 Å². The first kappa shape index (κ1) is 19.5. The predicted molar refractivity (Wildman–Crippen MR) is 101 cm³/mol. The van der Waals surface area contributed by atoms with Gasteiger partial charge in [-0.25, -0.2) is 0 Å². The molecule has 1 N–H and O–H groups in total. The van der Waals surface area contributed by atoms with E-state index in [2.05, 4.69) is 5.32 Å². The highest BCUT2D eigenvalue weighted by atomic mass is 35.5. The van der Waals surface area contributed by atoms with E-state index < -0.39 is 11.8 Å². The Bertz CT molecular complexity index is 689. The number of nitrogens with one attached hydrogen (secondary N) is 1. The maximum Gasteiger partial charge on any atom is 0.256 e. The summed E-state index contributed by atoms with van der Waals surface area (Å²) in [4.78, 5) is 27.7. The third-order valence-electron chi connectivity index (χ3n) is 5.13. The summed E-state index contributed by atoms with van der Waals surface area (Å²) in [5.74, 6) is -0.401. The summed E-state index contributed by atoms with van der Waals surface area (Å²) in [6.45, 7) is 2.80. The van der Waals surface area contributed by atoms with Crippen LogP contribution in [0.5, 0.6) is 0 Å². The molecule has 1 aromatic rings. The summed E-state index contributed by atoms with van der Waals surface area (Å²) in [5, 5.41) is 3.61. The molecule has 26 heavy (non-hydrogen) atoms. The Morgan fingerprint density at radius 1 is 1.23 bits per heavy atom. The van der Waals surface area contributed by atoms with Crippen molar-refractivity contribution in [2.45, 2.75) is 57.2 Å². The third kappa shape index (κ3) is 3.71. The van der Waals surface area contributed by atoms with Crippen LogP contribution in [-0.4, -0.2) is 41.6 Å². The van der Waals surface area contributed by atoms with Crippen molar-refractivity contribution in [3.8, 4) is 0 Å². The Morgan fingerprint density at radius 3 is 2.62 bits per heavy atom. The Morgan fingerprint density at radius 2 is 1.96 bits per heavy atom. The van der Waals surface area contributed by atoms with Gasteiger partial charge in [-0.3, -0.25) is 14.5 Å². The zero-order valence-corrected chi connectivity index (χ0v) is 16.4. The highest BCUT2D eigenvalue weighted by Gasteiger charge is 2.52. The van der Waals surface area contributed by atoms with Gasteiger partial charge in [0, 0.05) is 12.1 Å². The standard InChI is InChI=1S/C19H24Cl2N2O3/c1-2-10-22-17(24)16-12-26-19(8-4-3-5-9-19)23(16)18(25)13-6-7-14(20)15(21)11-13/h6-7,11,16H,2-5,8-10,12H2,1H3,(H,22,24)/t16-/m1/s1. The molecule has 2 amide bonds. The molecule has 2 fully saturated rings. The van der Waals surface area contributed by atoms with Gasteiger partial charge < -0.3 is 10.1 Å². The lowest BCUT2D eigenvalue weighted by molar-refractivity contribution is -0.127. The maximum absolute atomic E-state index is 13.3. The maximum atomic E-state index is 13.3. The first-order valence-corrected chi connectivity index (χ1v) is 9.94. The molecule has 1 aliphatic heterocycles. The molecule has 0 aromatic heterocycles. The van der Waals surface area contributed by atoms with Crippen LogP contribution in [0.2, 0.25) is 10.0 Å². The number of ether oxygens (including phenoxy) is 1. The molecule has 1 spiro atoms.